The molecule has 4 nitrogen and oxygen atoms in total. The topological polar surface area (TPSA) is 62.1 Å². The molecule has 0 radical (unpaired) electrons. The van der Waals surface area contributed by atoms with Crippen LogP contribution in [0.4, 0.5) is 10.1 Å². The van der Waals surface area contributed by atoms with Gasteiger partial charge in [-0.2, -0.15) is 5.26 Å². The summed E-state index contributed by atoms with van der Waals surface area (Å²) in [5.41, 5.74) is 3.48. The maximum atomic E-state index is 13.3. The van der Waals surface area contributed by atoms with Crippen LogP contribution in [0.3, 0.4) is 0 Å². The second-order valence-electron chi connectivity index (χ2n) is 7.17. The Morgan fingerprint density at radius 1 is 1.12 bits per heavy atom. The fraction of sp³-hybridized carbons (Fsp3) is 0.120. The number of anilines is 1. The Hall–Kier alpha value is -3.33. The first-order valence-electron chi connectivity index (χ1n) is 9.63. The zero-order valence-corrected chi connectivity index (χ0v) is 18.9. The molecule has 0 bridgehead atoms. The van der Waals surface area contributed by atoms with Gasteiger partial charge in [-0.25, -0.2) is 4.39 Å². The van der Waals surface area contributed by atoms with Crippen LogP contribution in [0.5, 0.6) is 5.75 Å². The molecule has 0 fully saturated rings. The molecule has 162 valence electrons. The van der Waals surface area contributed by atoms with Gasteiger partial charge < -0.3 is 10.1 Å². The third kappa shape index (κ3) is 5.88. The van der Waals surface area contributed by atoms with Crippen molar-refractivity contribution >= 4 is 40.9 Å². The molecule has 0 aliphatic rings. The van der Waals surface area contributed by atoms with Crippen molar-refractivity contribution in [1.82, 2.24) is 0 Å². The lowest BCUT2D eigenvalue weighted by atomic mass is 10.1. The number of carbonyl (C=O) groups excluding carboxylic acids is 1. The first kappa shape index (κ1) is 23.3. The summed E-state index contributed by atoms with van der Waals surface area (Å²) < 4.78 is 19.0. The smallest absolute Gasteiger partial charge is 0.266 e. The molecule has 0 spiro atoms. The van der Waals surface area contributed by atoms with E-state index in [2.05, 4.69) is 5.32 Å². The van der Waals surface area contributed by atoms with Gasteiger partial charge in [-0.3, -0.25) is 4.79 Å². The highest BCUT2D eigenvalue weighted by molar-refractivity contribution is 6.37. The van der Waals surface area contributed by atoms with E-state index in [1.165, 1.54) is 30.3 Å². The Kier molecular flexibility index (Phi) is 7.53. The molecule has 0 heterocycles. The van der Waals surface area contributed by atoms with Crippen LogP contribution in [-0.2, 0) is 11.4 Å². The molecule has 1 N–H and O–H groups in total. The lowest BCUT2D eigenvalue weighted by molar-refractivity contribution is -0.112. The molecule has 0 saturated heterocycles. The fourth-order valence-electron chi connectivity index (χ4n) is 2.96. The number of ether oxygens (including phenoxy) is 1. The van der Waals surface area contributed by atoms with Crippen molar-refractivity contribution in [2.75, 3.05) is 5.32 Å². The summed E-state index contributed by atoms with van der Waals surface area (Å²) in [4.78, 5) is 12.6. The predicted molar refractivity (Wildman–Crippen MR) is 125 cm³/mol. The van der Waals surface area contributed by atoms with Crippen molar-refractivity contribution in [2.24, 2.45) is 0 Å². The maximum Gasteiger partial charge on any atom is 0.266 e. The van der Waals surface area contributed by atoms with E-state index in [-0.39, 0.29) is 33.8 Å². The van der Waals surface area contributed by atoms with E-state index >= 15 is 0 Å². The van der Waals surface area contributed by atoms with Crippen LogP contribution in [-0.4, -0.2) is 5.91 Å². The Labute approximate surface area is 195 Å². The lowest BCUT2D eigenvalue weighted by Crippen LogP contribution is -2.14. The van der Waals surface area contributed by atoms with Gasteiger partial charge in [0.25, 0.3) is 5.91 Å². The molecule has 32 heavy (non-hydrogen) atoms. The number of amides is 1. The van der Waals surface area contributed by atoms with Crippen molar-refractivity contribution in [3.63, 3.8) is 0 Å². The van der Waals surface area contributed by atoms with Gasteiger partial charge in [-0.05, 0) is 72.5 Å². The van der Waals surface area contributed by atoms with Crippen molar-refractivity contribution < 1.29 is 13.9 Å². The van der Waals surface area contributed by atoms with Gasteiger partial charge in [-0.1, -0.05) is 47.5 Å². The van der Waals surface area contributed by atoms with Crippen LogP contribution in [0, 0.1) is 31.0 Å². The molecule has 0 aromatic heterocycles. The van der Waals surface area contributed by atoms with Crippen molar-refractivity contribution in [3.05, 3.63) is 98.3 Å². The molecule has 3 rings (SSSR count). The summed E-state index contributed by atoms with van der Waals surface area (Å²) in [6.45, 7) is 3.86. The summed E-state index contributed by atoms with van der Waals surface area (Å²) in [7, 11) is 0. The molecular formula is C25H19Cl2FN2O2. The van der Waals surface area contributed by atoms with Gasteiger partial charge >= 0.3 is 0 Å². The van der Waals surface area contributed by atoms with Crippen LogP contribution >= 0.6 is 23.2 Å². The van der Waals surface area contributed by atoms with Crippen LogP contribution in [0.1, 0.15) is 22.3 Å². The average molecular weight is 469 g/mol. The molecule has 1 amide bonds. The van der Waals surface area contributed by atoms with E-state index in [0.717, 1.165) is 11.1 Å². The second-order valence-corrected chi connectivity index (χ2v) is 7.99. The molecule has 7 heteroatoms. The van der Waals surface area contributed by atoms with Gasteiger partial charge in [0.2, 0.25) is 0 Å². The Balaban J connectivity index is 1.79. The summed E-state index contributed by atoms with van der Waals surface area (Å²) >= 11 is 12.6. The van der Waals surface area contributed by atoms with E-state index in [1.807, 2.05) is 38.1 Å². The van der Waals surface area contributed by atoms with Crippen LogP contribution < -0.4 is 10.1 Å². The molecule has 0 atom stereocenters. The van der Waals surface area contributed by atoms with E-state index in [1.54, 1.807) is 12.1 Å². The Morgan fingerprint density at radius 3 is 2.50 bits per heavy atom. The molecule has 3 aromatic carbocycles. The number of halogens is 3. The zero-order valence-electron chi connectivity index (χ0n) is 17.4. The van der Waals surface area contributed by atoms with Gasteiger partial charge in [0.05, 0.1) is 10.0 Å². The van der Waals surface area contributed by atoms with Crippen LogP contribution in [0.25, 0.3) is 6.08 Å². The van der Waals surface area contributed by atoms with Crippen LogP contribution in [0.2, 0.25) is 10.0 Å². The van der Waals surface area contributed by atoms with Gasteiger partial charge in [0, 0.05) is 5.69 Å². The van der Waals surface area contributed by atoms with E-state index in [4.69, 9.17) is 27.9 Å². The van der Waals surface area contributed by atoms with Crippen LogP contribution in [0.15, 0.2) is 60.2 Å². The third-order valence-corrected chi connectivity index (χ3v) is 5.17. The number of nitrogens with zero attached hydrogens (tertiary/aromatic N) is 1. The first-order chi connectivity index (χ1) is 15.3. The standard InChI is InChI=1S/C25H19Cl2FN2O2/c1-15-6-7-16(2)23(8-15)30-25(31)19(13-29)9-18-11-21(26)24(22(27)12-18)32-14-17-4-3-5-20(28)10-17/h3-12H,14H2,1-2H3,(H,30,31)/b19-9+. The minimum Gasteiger partial charge on any atom is -0.486 e. The highest BCUT2D eigenvalue weighted by Crippen LogP contribution is 2.35. The number of aryl methyl sites for hydroxylation is 2. The number of benzene rings is 3. The monoisotopic (exact) mass is 468 g/mol. The highest BCUT2D eigenvalue weighted by atomic mass is 35.5. The van der Waals surface area contributed by atoms with Crippen molar-refractivity contribution in [3.8, 4) is 11.8 Å². The summed E-state index contributed by atoms with van der Waals surface area (Å²) in [5.74, 6) is -0.681. The summed E-state index contributed by atoms with van der Waals surface area (Å²) in [5, 5.41) is 12.6. The fourth-order valence-corrected chi connectivity index (χ4v) is 3.57. The molecule has 0 saturated carbocycles. The first-order valence-corrected chi connectivity index (χ1v) is 10.4. The lowest BCUT2D eigenvalue weighted by Gasteiger charge is -2.12. The Bertz CT molecular complexity index is 1230. The third-order valence-electron chi connectivity index (χ3n) is 4.61. The SMILES string of the molecule is Cc1ccc(C)c(NC(=O)/C(C#N)=C/c2cc(Cl)c(OCc3cccc(F)c3)c(Cl)c2)c1. The van der Waals surface area contributed by atoms with Crippen molar-refractivity contribution in [2.45, 2.75) is 20.5 Å². The number of nitriles is 1. The quantitative estimate of drug-likeness (QED) is 0.316. The molecular weight excluding hydrogens is 450 g/mol. The second kappa shape index (κ2) is 10.3. The molecule has 0 aliphatic carbocycles. The predicted octanol–water partition coefficient (Wildman–Crippen LogP) is 6.87. The molecule has 0 aliphatic heterocycles. The Morgan fingerprint density at radius 2 is 1.84 bits per heavy atom. The maximum absolute atomic E-state index is 13.3. The largest absolute Gasteiger partial charge is 0.486 e. The zero-order chi connectivity index (χ0) is 23.3. The molecule has 0 unspecified atom stereocenters. The minimum atomic E-state index is -0.542. The summed E-state index contributed by atoms with van der Waals surface area (Å²) in [6.07, 6.45) is 1.40. The van der Waals surface area contributed by atoms with Gasteiger partial charge in [0.15, 0.2) is 5.75 Å². The van der Waals surface area contributed by atoms with Gasteiger partial charge in [0.1, 0.15) is 24.1 Å². The number of rotatable bonds is 6. The minimum absolute atomic E-state index is 0.0775. The highest BCUT2D eigenvalue weighted by Gasteiger charge is 2.14. The summed E-state index contributed by atoms with van der Waals surface area (Å²) in [6, 6.07) is 16.6. The van der Waals surface area contributed by atoms with Crippen molar-refractivity contribution in [1.29, 1.82) is 5.26 Å². The van der Waals surface area contributed by atoms with E-state index in [9.17, 15) is 14.4 Å². The molecule has 3 aromatic rings. The number of hydrogen-bond donors (Lipinski definition) is 1. The normalized spacial score (nSPS) is 11.1. The number of carbonyl (C=O) groups is 1. The number of hydrogen-bond acceptors (Lipinski definition) is 3. The average Bonchev–Trinajstić information content (AvgIpc) is 2.74. The van der Waals surface area contributed by atoms with E-state index in [0.29, 0.717) is 16.8 Å². The van der Waals surface area contributed by atoms with Gasteiger partial charge in [-0.15, -0.1) is 0 Å². The van der Waals surface area contributed by atoms with E-state index < -0.39 is 5.91 Å². The number of nitrogens with one attached hydrogen (secondary N) is 1.